The first-order valence-electron chi connectivity index (χ1n) is 6.68. The second kappa shape index (κ2) is 6.67. The summed E-state index contributed by atoms with van der Waals surface area (Å²) in [6, 6.07) is 4.02. The monoisotopic (exact) mass is 282 g/mol. The lowest BCUT2D eigenvalue weighted by Crippen LogP contribution is -2.41. The Hall–Kier alpha value is -1.66. The van der Waals surface area contributed by atoms with Gasteiger partial charge in [-0.3, -0.25) is 4.79 Å². The number of carbonyl (C=O) groups excluding carboxylic acids is 1. The Morgan fingerprint density at radius 1 is 1.45 bits per heavy atom. The van der Waals surface area contributed by atoms with Crippen molar-refractivity contribution in [2.45, 2.75) is 18.9 Å². The van der Waals surface area contributed by atoms with Crippen LogP contribution in [0.4, 0.5) is 10.1 Å². The number of piperidine rings is 1. The van der Waals surface area contributed by atoms with E-state index in [1.165, 1.54) is 18.2 Å². The van der Waals surface area contributed by atoms with Gasteiger partial charge in [-0.2, -0.15) is 0 Å². The van der Waals surface area contributed by atoms with Gasteiger partial charge in [0.1, 0.15) is 5.82 Å². The molecule has 6 heteroatoms. The summed E-state index contributed by atoms with van der Waals surface area (Å²) < 4.78 is 18.5. The molecule has 2 rings (SSSR count). The van der Waals surface area contributed by atoms with E-state index in [4.69, 9.17) is 15.6 Å². The second-order valence-corrected chi connectivity index (χ2v) is 4.82. The fourth-order valence-electron chi connectivity index (χ4n) is 2.30. The number of nitrogens with two attached hydrogens (primary N) is 1. The largest absolute Gasteiger partial charge is 0.396 e. The molecule has 0 aliphatic carbocycles. The molecule has 1 aliphatic heterocycles. The number of rotatable bonds is 4. The third kappa shape index (κ3) is 3.46. The molecule has 1 heterocycles. The zero-order valence-electron chi connectivity index (χ0n) is 11.2. The Bertz CT molecular complexity index is 473. The number of hydrogen-bond donors (Lipinski definition) is 2. The lowest BCUT2D eigenvalue weighted by atomic mass is 10.1. The molecule has 0 atom stereocenters. The number of nitrogen functional groups attached to an aromatic ring is 1. The molecule has 1 aromatic carbocycles. The number of hydrogen-bond acceptors (Lipinski definition) is 4. The third-order valence-corrected chi connectivity index (χ3v) is 3.42. The van der Waals surface area contributed by atoms with Crippen molar-refractivity contribution in [1.29, 1.82) is 0 Å². The highest BCUT2D eigenvalue weighted by atomic mass is 19.1. The van der Waals surface area contributed by atoms with E-state index < -0.39 is 5.82 Å². The molecule has 0 unspecified atom stereocenters. The topological polar surface area (TPSA) is 75.8 Å². The molecule has 0 spiro atoms. The summed E-state index contributed by atoms with van der Waals surface area (Å²) in [7, 11) is 0. The van der Waals surface area contributed by atoms with Crippen LogP contribution in [0.2, 0.25) is 0 Å². The number of carbonyl (C=O) groups is 1. The van der Waals surface area contributed by atoms with Crippen molar-refractivity contribution < 1.29 is 19.0 Å². The zero-order chi connectivity index (χ0) is 14.5. The van der Waals surface area contributed by atoms with Crippen molar-refractivity contribution in [1.82, 2.24) is 4.90 Å². The number of anilines is 1. The molecule has 20 heavy (non-hydrogen) atoms. The predicted octanol–water partition coefficient (Wildman–Crippen LogP) is 1.02. The highest BCUT2D eigenvalue weighted by Gasteiger charge is 2.24. The van der Waals surface area contributed by atoms with E-state index in [0.717, 1.165) is 12.8 Å². The Balaban J connectivity index is 1.92. The van der Waals surface area contributed by atoms with Crippen LogP contribution in [-0.2, 0) is 4.74 Å². The molecular formula is C14H19FN2O3. The van der Waals surface area contributed by atoms with Crippen LogP contribution in [0, 0.1) is 5.82 Å². The van der Waals surface area contributed by atoms with Crippen LogP contribution < -0.4 is 5.73 Å². The first-order chi connectivity index (χ1) is 9.61. The van der Waals surface area contributed by atoms with Crippen LogP contribution in [0.25, 0.3) is 0 Å². The minimum absolute atomic E-state index is 0.00794. The molecule has 1 saturated heterocycles. The highest BCUT2D eigenvalue weighted by Crippen LogP contribution is 2.18. The SMILES string of the molecule is Nc1cc(C(=O)N2CCC(OCCO)CC2)ccc1F. The number of benzene rings is 1. The molecule has 1 amide bonds. The number of amides is 1. The van der Waals surface area contributed by atoms with Gasteiger partial charge in [-0.25, -0.2) is 4.39 Å². The Morgan fingerprint density at radius 3 is 2.75 bits per heavy atom. The van der Waals surface area contributed by atoms with Gasteiger partial charge in [-0.05, 0) is 31.0 Å². The van der Waals surface area contributed by atoms with E-state index in [9.17, 15) is 9.18 Å². The van der Waals surface area contributed by atoms with Gasteiger partial charge >= 0.3 is 0 Å². The maximum Gasteiger partial charge on any atom is 0.253 e. The van der Waals surface area contributed by atoms with Crippen molar-refractivity contribution in [3.63, 3.8) is 0 Å². The molecule has 1 aromatic rings. The number of likely N-dealkylation sites (tertiary alicyclic amines) is 1. The molecule has 1 fully saturated rings. The van der Waals surface area contributed by atoms with Gasteiger partial charge in [0.25, 0.3) is 5.91 Å². The summed E-state index contributed by atoms with van der Waals surface area (Å²) in [4.78, 5) is 14.0. The van der Waals surface area contributed by atoms with Crippen LogP contribution in [0.3, 0.4) is 0 Å². The predicted molar refractivity (Wildman–Crippen MR) is 72.8 cm³/mol. The van der Waals surface area contributed by atoms with Gasteiger partial charge in [-0.15, -0.1) is 0 Å². The molecule has 0 aromatic heterocycles. The molecule has 1 aliphatic rings. The van der Waals surface area contributed by atoms with Crippen LogP contribution >= 0.6 is 0 Å². The maximum atomic E-state index is 13.1. The average Bonchev–Trinajstić information content (AvgIpc) is 2.48. The first kappa shape index (κ1) is 14.7. The summed E-state index contributed by atoms with van der Waals surface area (Å²) in [5.41, 5.74) is 5.86. The van der Waals surface area contributed by atoms with Crippen LogP contribution in [-0.4, -0.2) is 48.3 Å². The lowest BCUT2D eigenvalue weighted by Gasteiger charge is -2.32. The van der Waals surface area contributed by atoms with Crippen LogP contribution in [0.15, 0.2) is 18.2 Å². The minimum atomic E-state index is -0.516. The molecule has 0 radical (unpaired) electrons. The van der Waals surface area contributed by atoms with Gasteiger partial charge in [0, 0.05) is 18.7 Å². The van der Waals surface area contributed by atoms with Gasteiger partial charge in [0.2, 0.25) is 0 Å². The van der Waals surface area contributed by atoms with Gasteiger partial charge in [0.05, 0.1) is 25.0 Å². The number of nitrogens with zero attached hydrogens (tertiary/aromatic N) is 1. The Kier molecular flexibility index (Phi) is 4.92. The smallest absolute Gasteiger partial charge is 0.253 e. The van der Waals surface area contributed by atoms with E-state index in [1.807, 2.05) is 0 Å². The van der Waals surface area contributed by atoms with Crippen molar-refractivity contribution in [2.24, 2.45) is 0 Å². The van der Waals surface area contributed by atoms with Gasteiger partial charge in [-0.1, -0.05) is 0 Å². The molecular weight excluding hydrogens is 263 g/mol. The van der Waals surface area contributed by atoms with E-state index in [2.05, 4.69) is 0 Å². The normalized spacial score (nSPS) is 16.4. The van der Waals surface area contributed by atoms with E-state index in [1.54, 1.807) is 4.90 Å². The Labute approximate surface area is 117 Å². The number of halogens is 1. The summed E-state index contributed by atoms with van der Waals surface area (Å²) in [6.45, 7) is 1.51. The van der Waals surface area contributed by atoms with Crippen LogP contribution in [0.5, 0.6) is 0 Å². The zero-order valence-corrected chi connectivity index (χ0v) is 11.2. The molecule has 5 nitrogen and oxygen atoms in total. The van der Waals surface area contributed by atoms with Crippen molar-refractivity contribution in [3.05, 3.63) is 29.6 Å². The second-order valence-electron chi connectivity index (χ2n) is 4.82. The molecule has 0 bridgehead atoms. The summed E-state index contributed by atoms with van der Waals surface area (Å²) in [6.07, 6.45) is 1.56. The standard InChI is InChI=1S/C14H19FN2O3/c15-12-2-1-10(9-13(12)16)14(19)17-5-3-11(4-6-17)20-8-7-18/h1-2,9,11,18H,3-8,16H2. The van der Waals surface area contributed by atoms with E-state index in [-0.39, 0.29) is 24.3 Å². The fraction of sp³-hybridized carbons (Fsp3) is 0.500. The fourth-order valence-corrected chi connectivity index (χ4v) is 2.30. The minimum Gasteiger partial charge on any atom is -0.396 e. The van der Waals surface area contributed by atoms with E-state index in [0.29, 0.717) is 25.3 Å². The highest BCUT2D eigenvalue weighted by molar-refractivity contribution is 5.95. The summed E-state index contributed by atoms with van der Waals surface area (Å²) in [5, 5.41) is 8.70. The van der Waals surface area contributed by atoms with Crippen molar-refractivity contribution in [2.75, 3.05) is 32.0 Å². The van der Waals surface area contributed by atoms with Crippen molar-refractivity contribution >= 4 is 11.6 Å². The summed E-state index contributed by atoms with van der Waals surface area (Å²) >= 11 is 0. The quantitative estimate of drug-likeness (QED) is 0.809. The lowest BCUT2D eigenvalue weighted by molar-refractivity contribution is -0.00554. The molecule has 0 saturated carbocycles. The van der Waals surface area contributed by atoms with Crippen LogP contribution in [0.1, 0.15) is 23.2 Å². The summed E-state index contributed by atoms with van der Waals surface area (Å²) in [5.74, 6) is -0.657. The number of ether oxygens (including phenoxy) is 1. The number of aliphatic hydroxyl groups is 1. The van der Waals surface area contributed by atoms with Crippen molar-refractivity contribution in [3.8, 4) is 0 Å². The van der Waals surface area contributed by atoms with Gasteiger partial charge in [0.15, 0.2) is 0 Å². The molecule has 110 valence electrons. The van der Waals surface area contributed by atoms with Gasteiger partial charge < -0.3 is 20.5 Å². The first-order valence-corrected chi connectivity index (χ1v) is 6.68. The third-order valence-electron chi connectivity index (χ3n) is 3.42. The molecule has 3 N–H and O–H groups in total. The number of aliphatic hydroxyl groups excluding tert-OH is 1. The maximum absolute atomic E-state index is 13.1. The Morgan fingerprint density at radius 2 is 2.15 bits per heavy atom. The average molecular weight is 282 g/mol. The van der Waals surface area contributed by atoms with E-state index >= 15 is 0 Å².